The fourth-order valence-electron chi connectivity index (χ4n) is 2.02. The van der Waals surface area contributed by atoms with Gasteiger partial charge in [0.15, 0.2) is 5.96 Å². The normalized spacial score (nSPS) is 11.5. The first-order valence-corrected chi connectivity index (χ1v) is 7.89. The molecule has 0 spiro atoms. The van der Waals surface area contributed by atoms with Crippen LogP contribution in [-0.2, 0) is 13.0 Å². The zero-order chi connectivity index (χ0) is 15.9. The van der Waals surface area contributed by atoms with E-state index in [9.17, 15) is 8.78 Å². The summed E-state index contributed by atoms with van der Waals surface area (Å²) in [4.78, 5) is 5.37. The van der Waals surface area contributed by atoms with Gasteiger partial charge in [0.25, 0.3) is 0 Å². The lowest BCUT2D eigenvalue weighted by Gasteiger charge is -2.12. The van der Waals surface area contributed by atoms with E-state index >= 15 is 0 Å². The molecule has 0 unspecified atom stereocenters. The van der Waals surface area contributed by atoms with Crippen molar-refractivity contribution in [2.24, 2.45) is 4.99 Å². The third-order valence-electron chi connectivity index (χ3n) is 3.30. The van der Waals surface area contributed by atoms with Crippen LogP contribution in [0.25, 0.3) is 0 Å². The van der Waals surface area contributed by atoms with Crippen molar-refractivity contribution in [1.82, 2.24) is 10.6 Å². The van der Waals surface area contributed by atoms with Gasteiger partial charge in [-0.05, 0) is 54.1 Å². The maximum Gasteiger partial charge on any atom is 0.191 e. The van der Waals surface area contributed by atoms with Crippen LogP contribution in [0, 0.1) is 18.6 Å². The zero-order valence-electron chi connectivity index (χ0n) is 12.6. The van der Waals surface area contributed by atoms with Crippen molar-refractivity contribution in [3.05, 3.63) is 57.3 Å². The molecule has 22 heavy (non-hydrogen) atoms. The molecule has 3 nitrogen and oxygen atoms in total. The number of guanidine groups is 1. The Kier molecular flexibility index (Phi) is 5.89. The van der Waals surface area contributed by atoms with E-state index in [1.165, 1.54) is 16.5 Å². The average molecular weight is 323 g/mol. The Morgan fingerprint density at radius 3 is 2.73 bits per heavy atom. The Morgan fingerprint density at radius 2 is 2.05 bits per heavy atom. The van der Waals surface area contributed by atoms with Gasteiger partial charge in [0.2, 0.25) is 0 Å². The van der Waals surface area contributed by atoms with Gasteiger partial charge in [0.1, 0.15) is 11.6 Å². The number of rotatable bonds is 5. The van der Waals surface area contributed by atoms with Crippen LogP contribution in [0.3, 0.4) is 0 Å². The highest BCUT2D eigenvalue weighted by atomic mass is 32.1. The lowest BCUT2D eigenvalue weighted by atomic mass is 10.1. The molecular formula is C16H19F2N3S. The van der Waals surface area contributed by atoms with Crippen LogP contribution in [0.5, 0.6) is 0 Å². The highest BCUT2D eigenvalue weighted by Crippen LogP contribution is 2.14. The number of hydrogen-bond acceptors (Lipinski definition) is 2. The first-order chi connectivity index (χ1) is 10.6. The molecule has 0 saturated carbocycles. The topological polar surface area (TPSA) is 36.4 Å². The smallest absolute Gasteiger partial charge is 0.191 e. The number of nitrogens with one attached hydrogen (secondary N) is 2. The number of aliphatic imine (C=N–C) groups is 1. The number of halogens is 2. The van der Waals surface area contributed by atoms with E-state index in [1.807, 2.05) is 0 Å². The van der Waals surface area contributed by atoms with Gasteiger partial charge >= 0.3 is 0 Å². The van der Waals surface area contributed by atoms with Crippen LogP contribution in [0.15, 0.2) is 34.6 Å². The molecule has 0 fully saturated rings. The minimum Gasteiger partial charge on any atom is -0.356 e. The molecule has 0 aliphatic carbocycles. The van der Waals surface area contributed by atoms with Gasteiger partial charge in [-0.3, -0.25) is 4.99 Å². The van der Waals surface area contributed by atoms with Gasteiger partial charge in [-0.1, -0.05) is 0 Å². The minimum atomic E-state index is -0.424. The van der Waals surface area contributed by atoms with Crippen molar-refractivity contribution >= 4 is 17.3 Å². The van der Waals surface area contributed by atoms with E-state index in [-0.39, 0.29) is 5.82 Å². The number of thiophene rings is 1. The number of nitrogens with zero attached hydrogens (tertiary/aromatic N) is 1. The molecule has 0 saturated heterocycles. The lowest BCUT2D eigenvalue weighted by Crippen LogP contribution is -2.37. The third-order valence-corrected chi connectivity index (χ3v) is 4.33. The maximum absolute atomic E-state index is 13.5. The molecule has 0 aliphatic rings. The van der Waals surface area contributed by atoms with E-state index in [1.54, 1.807) is 18.4 Å². The largest absolute Gasteiger partial charge is 0.356 e. The van der Waals surface area contributed by atoms with Crippen LogP contribution in [0.2, 0.25) is 0 Å². The molecule has 2 aromatic rings. The van der Waals surface area contributed by atoms with E-state index in [4.69, 9.17) is 0 Å². The van der Waals surface area contributed by atoms with Crippen molar-refractivity contribution in [3.63, 3.8) is 0 Å². The molecule has 1 aromatic heterocycles. The van der Waals surface area contributed by atoms with Gasteiger partial charge in [0.05, 0.1) is 6.54 Å². The second-order valence-corrected chi connectivity index (χ2v) is 5.87. The minimum absolute atomic E-state index is 0.358. The zero-order valence-corrected chi connectivity index (χ0v) is 13.4. The van der Waals surface area contributed by atoms with E-state index < -0.39 is 5.82 Å². The van der Waals surface area contributed by atoms with E-state index in [2.05, 4.69) is 34.0 Å². The van der Waals surface area contributed by atoms with Crippen molar-refractivity contribution in [2.75, 3.05) is 13.6 Å². The third kappa shape index (κ3) is 4.53. The summed E-state index contributed by atoms with van der Waals surface area (Å²) in [5.41, 5.74) is 1.60. The summed E-state index contributed by atoms with van der Waals surface area (Å²) < 4.78 is 26.6. The number of hydrogen-bond donors (Lipinski definition) is 2. The molecule has 2 rings (SSSR count). The van der Waals surface area contributed by atoms with Crippen LogP contribution in [-0.4, -0.2) is 19.6 Å². The molecule has 0 radical (unpaired) electrons. The first-order valence-electron chi connectivity index (χ1n) is 7.01. The lowest BCUT2D eigenvalue weighted by molar-refractivity contribution is 0.583. The molecule has 6 heteroatoms. The summed E-state index contributed by atoms with van der Waals surface area (Å²) in [5, 5.41) is 8.36. The van der Waals surface area contributed by atoms with Crippen LogP contribution in [0.4, 0.5) is 8.78 Å². The molecule has 0 aliphatic heterocycles. The molecule has 1 heterocycles. The van der Waals surface area contributed by atoms with Gasteiger partial charge < -0.3 is 10.6 Å². The van der Waals surface area contributed by atoms with Gasteiger partial charge in [-0.15, -0.1) is 11.3 Å². The molecule has 2 N–H and O–H groups in total. The molecule has 1 aromatic carbocycles. The monoisotopic (exact) mass is 323 g/mol. The Morgan fingerprint density at radius 1 is 1.23 bits per heavy atom. The Balaban J connectivity index is 1.81. The summed E-state index contributed by atoms with van der Waals surface area (Å²) in [7, 11) is 1.68. The second kappa shape index (κ2) is 7.89. The van der Waals surface area contributed by atoms with Crippen molar-refractivity contribution in [3.8, 4) is 0 Å². The molecule has 118 valence electrons. The molecule has 0 bridgehead atoms. The summed E-state index contributed by atoms with van der Waals surface area (Å²) >= 11 is 1.69. The van der Waals surface area contributed by atoms with Gasteiger partial charge in [0, 0.05) is 18.5 Å². The molecular weight excluding hydrogens is 304 g/mol. The predicted octanol–water partition coefficient (Wildman–Crippen LogP) is 3.24. The van der Waals surface area contributed by atoms with Crippen molar-refractivity contribution in [2.45, 2.75) is 19.9 Å². The van der Waals surface area contributed by atoms with Crippen molar-refractivity contribution in [1.29, 1.82) is 0 Å². The average Bonchev–Trinajstić information content (AvgIpc) is 2.91. The maximum atomic E-state index is 13.5. The Bertz CT molecular complexity index is 653. The molecule has 0 atom stereocenters. The molecule has 0 amide bonds. The number of benzene rings is 1. The quantitative estimate of drug-likeness (QED) is 0.655. The summed E-state index contributed by atoms with van der Waals surface area (Å²) in [5.74, 6) is -0.169. The second-order valence-electron chi connectivity index (χ2n) is 4.87. The van der Waals surface area contributed by atoms with Gasteiger partial charge in [-0.25, -0.2) is 8.78 Å². The highest BCUT2D eigenvalue weighted by molar-refractivity contribution is 7.10. The fraction of sp³-hybridized carbons (Fsp3) is 0.312. The Labute approximate surface area is 133 Å². The summed E-state index contributed by atoms with van der Waals surface area (Å²) in [6.07, 6.45) is 0.391. The number of aryl methyl sites for hydroxylation is 1. The predicted molar refractivity (Wildman–Crippen MR) is 87.3 cm³/mol. The highest BCUT2D eigenvalue weighted by Gasteiger charge is 2.05. The van der Waals surface area contributed by atoms with Crippen molar-refractivity contribution < 1.29 is 8.78 Å². The van der Waals surface area contributed by atoms with Crippen LogP contribution in [0.1, 0.15) is 16.0 Å². The Hall–Kier alpha value is -1.95. The fourth-order valence-corrected chi connectivity index (χ4v) is 2.87. The summed E-state index contributed by atoms with van der Waals surface area (Å²) in [6, 6.07) is 5.57. The standard InChI is InChI=1S/C16H19F2N3S/c1-11-6-8-22-15(11)10-21-16(19-2)20-7-5-12-9-13(17)3-4-14(12)18/h3-4,6,8-9H,5,7,10H2,1-2H3,(H2,19,20,21). The SMILES string of the molecule is CN=C(NCCc1cc(F)ccc1F)NCc1sccc1C. The van der Waals surface area contributed by atoms with Crippen LogP contribution >= 0.6 is 11.3 Å². The van der Waals surface area contributed by atoms with Crippen LogP contribution < -0.4 is 10.6 Å². The van der Waals surface area contributed by atoms with E-state index in [0.717, 1.165) is 12.1 Å². The summed E-state index contributed by atoms with van der Waals surface area (Å²) in [6.45, 7) is 3.23. The van der Waals surface area contributed by atoms with E-state index in [0.29, 0.717) is 31.0 Å². The van der Waals surface area contributed by atoms with Gasteiger partial charge in [-0.2, -0.15) is 0 Å². The first kappa shape index (κ1) is 16.4.